The van der Waals surface area contributed by atoms with Crippen molar-refractivity contribution < 1.29 is 28.6 Å². The number of rotatable bonds is 5. The molecule has 0 spiro atoms. The fourth-order valence-corrected chi connectivity index (χ4v) is 2.55. The maximum Gasteiger partial charge on any atom is 0.418 e. The fourth-order valence-electron chi connectivity index (χ4n) is 2.55. The Morgan fingerprint density at radius 3 is 2.11 bits per heavy atom. The summed E-state index contributed by atoms with van der Waals surface area (Å²) in [5.74, 6) is -0.719. The number of hydrogen-bond acceptors (Lipinski definition) is 6. The molecule has 0 aliphatic carbocycles. The van der Waals surface area contributed by atoms with Gasteiger partial charge in [-0.3, -0.25) is 10.1 Å². The molecule has 1 aliphatic heterocycles. The van der Waals surface area contributed by atoms with E-state index in [-0.39, 0.29) is 24.0 Å². The van der Waals surface area contributed by atoms with Gasteiger partial charge in [0.05, 0.1) is 0 Å². The lowest BCUT2D eigenvalue weighted by atomic mass is 10.0. The van der Waals surface area contributed by atoms with Gasteiger partial charge in [-0.05, 0) is 47.5 Å². The van der Waals surface area contributed by atoms with Crippen molar-refractivity contribution >= 4 is 18.1 Å². The Labute approximate surface area is 166 Å². The number of imide groups is 1. The lowest BCUT2D eigenvalue weighted by molar-refractivity contribution is -0.127. The van der Waals surface area contributed by atoms with E-state index in [2.05, 4.69) is 11.9 Å². The summed E-state index contributed by atoms with van der Waals surface area (Å²) in [5.41, 5.74) is -1.68. The average Bonchev–Trinajstić information content (AvgIpc) is 2.74. The van der Waals surface area contributed by atoms with Gasteiger partial charge in [-0.25, -0.2) is 14.5 Å². The molecular formula is C20H32N2O6. The third-order valence-corrected chi connectivity index (χ3v) is 3.43. The molecule has 1 heterocycles. The first-order valence-electron chi connectivity index (χ1n) is 9.22. The molecule has 0 fully saturated rings. The molecule has 1 unspecified atom stereocenters. The molecule has 0 saturated carbocycles. The monoisotopic (exact) mass is 396 g/mol. The van der Waals surface area contributed by atoms with E-state index >= 15 is 0 Å². The van der Waals surface area contributed by atoms with Crippen LogP contribution >= 0.6 is 0 Å². The van der Waals surface area contributed by atoms with Gasteiger partial charge in [0.1, 0.15) is 29.6 Å². The van der Waals surface area contributed by atoms with Crippen LogP contribution in [0.5, 0.6) is 0 Å². The Balaban J connectivity index is 3.30. The highest BCUT2D eigenvalue weighted by molar-refractivity contribution is 6.07. The lowest BCUT2D eigenvalue weighted by Crippen LogP contribution is -2.47. The summed E-state index contributed by atoms with van der Waals surface area (Å²) in [6.07, 6.45) is -0.114. The molecule has 158 valence electrons. The van der Waals surface area contributed by atoms with E-state index in [0.29, 0.717) is 0 Å². The number of carbonyl (C=O) groups excluding carboxylic acids is 3. The van der Waals surface area contributed by atoms with Crippen molar-refractivity contribution in [1.29, 1.82) is 0 Å². The summed E-state index contributed by atoms with van der Waals surface area (Å²) in [6, 6.07) is -0.729. The average molecular weight is 396 g/mol. The standard InChI is InChI=1S/C20H32N2O6/c1-10-11-26-15-13(21-17(24)27-19(4,5)6)16(23)22(14(15)12(2)3)18(25)28-20(7,8)9/h10,12,14H,1,11H2,2-9H3,(H,21,24). The van der Waals surface area contributed by atoms with Crippen LogP contribution in [0, 0.1) is 5.92 Å². The highest BCUT2D eigenvalue weighted by atomic mass is 16.6. The summed E-state index contributed by atoms with van der Waals surface area (Å²) in [4.78, 5) is 38.9. The minimum atomic E-state index is -0.816. The molecule has 1 N–H and O–H groups in total. The minimum Gasteiger partial charge on any atom is -0.489 e. The zero-order valence-corrected chi connectivity index (χ0v) is 18.0. The molecule has 0 radical (unpaired) electrons. The number of amides is 3. The molecule has 28 heavy (non-hydrogen) atoms. The first-order valence-corrected chi connectivity index (χ1v) is 9.22. The largest absolute Gasteiger partial charge is 0.489 e. The SMILES string of the molecule is C=CCOC1=C(NC(=O)OC(C)(C)C)C(=O)N(C(=O)OC(C)(C)C)C1C(C)C. The van der Waals surface area contributed by atoms with Crippen LogP contribution in [0.2, 0.25) is 0 Å². The van der Waals surface area contributed by atoms with Crippen molar-refractivity contribution in [1.82, 2.24) is 10.2 Å². The molecule has 1 aliphatic rings. The van der Waals surface area contributed by atoms with Gasteiger partial charge in [0.2, 0.25) is 0 Å². The van der Waals surface area contributed by atoms with Crippen LogP contribution in [-0.2, 0) is 19.0 Å². The van der Waals surface area contributed by atoms with Crippen LogP contribution in [0.15, 0.2) is 24.1 Å². The topological polar surface area (TPSA) is 94.2 Å². The zero-order chi connectivity index (χ0) is 21.9. The molecule has 0 aromatic carbocycles. The molecule has 0 bridgehead atoms. The van der Waals surface area contributed by atoms with Crippen molar-refractivity contribution in [3.8, 4) is 0 Å². The molecule has 0 saturated heterocycles. The molecule has 8 nitrogen and oxygen atoms in total. The number of nitrogens with one attached hydrogen (secondary N) is 1. The Morgan fingerprint density at radius 1 is 1.14 bits per heavy atom. The number of carbonyl (C=O) groups is 3. The third kappa shape index (κ3) is 6.28. The van der Waals surface area contributed by atoms with Crippen LogP contribution in [-0.4, -0.2) is 46.8 Å². The van der Waals surface area contributed by atoms with E-state index in [1.807, 2.05) is 13.8 Å². The number of ether oxygens (including phenoxy) is 3. The zero-order valence-electron chi connectivity index (χ0n) is 18.0. The van der Waals surface area contributed by atoms with Gasteiger partial charge in [0.25, 0.3) is 5.91 Å². The molecule has 3 amide bonds. The van der Waals surface area contributed by atoms with Crippen molar-refractivity contribution in [3.05, 3.63) is 24.1 Å². The quantitative estimate of drug-likeness (QED) is 0.712. The summed E-state index contributed by atoms with van der Waals surface area (Å²) in [6.45, 7) is 17.6. The van der Waals surface area contributed by atoms with Crippen LogP contribution < -0.4 is 5.32 Å². The highest BCUT2D eigenvalue weighted by Gasteiger charge is 2.48. The van der Waals surface area contributed by atoms with E-state index < -0.39 is 35.3 Å². The molecule has 8 heteroatoms. The Bertz CT molecular complexity index is 667. The van der Waals surface area contributed by atoms with Gasteiger partial charge < -0.3 is 14.2 Å². The van der Waals surface area contributed by atoms with E-state index in [9.17, 15) is 14.4 Å². The Hall–Kier alpha value is -2.51. The molecule has 1 atom stereocenters. The van der Waals surface area contributed by atoms with Crippen molar-refractivity contribution in [2.45, 2.75) is 72.6 Å². The van der Waals surface area contributed by atoms with E-state index in [1.54, 1.807) is 41.5 Å². The van der Waals surface area contributed by atoms with Gasteiger partial charge in [0, 0.05) is 0 Å². The maximum absolute atomic E-state index is 13.0. The first-order chi connectivity index (χ1) is 12.7. The van der Waals surface area contributed by atoms with E-state index in [0.717, 1.165) is 4.90 Å². The highest BCUT2D eigenvalue weighted by Crippen LogP contribution is 2.32. The van der Waals surface area contributed by atoms with Crippen molar-refractivity contribution in [3.63, 3.8) is 0 Å². The smallest absolute Gasteiger partial charge is 0.418 e. The number of nitrogens with zero attached hydrogens (tertiary/aromatic N) is 1. The van der Waals surface area contributed by atoms with Gasteiger partial charge in [0.15, 0.2) is 5.70 Å². The normalized spacial score (nSPS) is 17.7. The van der Waals surface area contributed by atoms with Gasteiger partial charge in [-0.2, -0.15) is 0 Å². The summed E-state index contributed by atoms with van der Waals surface area (Å²) >= 11 is 0. The molecule has 0 aromatic heterocycles. The Morgan fingerprint density at radius 2 is 1.68 bits per heavy atom. The second-order valence-electron chi connectivity index (χ2n) is 8.81. The first kappa shape index (κ1) is 23.5. The van der Waals surface area contributed by atoms with Crippen molar-refractivity contribution in [2.24, 2.45) is 5.92 Å². The minimum absolute atomic E-state index is 0.105. The van der Waals surface area contributed by atoms with E-state index in [4.69, 9.17) is 14.2 Å². The second-order valence-corrected chi connectivity index (χ2v) is 8.81. The molecular weight excluding hydrogens is 364 g/mol. The summed E-state index contributed by atoms with van der Waals surface area (Å²) in [5, 5.41) is 2.44. The lowest BCUT2D eigenvalue weighted by Gasteiger charge is -2.30. The second kappa shape index (κ2) is 8.67. The van der Waals surface area contributed by atoms with Crippen molar-refractivity contribution in [2.75, 3.05) is 6.61 Å². The van der Waals surface area contributed by atoms with Gasteiger partial charge >= 0.3 is 12.2 Å². The molecule has 1 rings (SSSR count). The van der Waals surface area contributed by atoms with Gasteiger partial charge in [-0.1, -0.05) is 26.5 Å². The predicted octanol–water partition coefficient (Wildman–Crippen LogP) is 3.73. The number of hydrogen-bond donors (Lipinski definition) is 1. The maximum atomic E-state index is 13.0. The summed E-state index contributed by atoms with van der Waals surface area (Å²) in [7, 11) is 0. The Kier molecular flexibility index (Phi) is 7.28. The van der Waals surface area contributed by atoms with Crippen LogP contribution in [0.1, 0.15) is 55.4 Å². The fraction of sp³-hybridized carbons (Fsp3) is 0.650. The third-order valence-electron chi connectivity index (χ3n) is 3.43. The van der Waals surface area contributed by atoms with E-state index in [1.165, 1.54) is 6.08 Å². The number of alkyl carbamates (subject to hydrolysis) is 1. The predicted molar refractivity (Wildman–Crippen MR) is 104 cm³/mol. The van der Waals surface area contributed by atoms with Crippen LogP contribution in [0.3, 0.4) is 0 Å². The van der Waals surface area contributed by atoms with Crippen LogP contribution in [0.4, 0.5) is 9.59 Å². The van der Waals surface area contributed by atoms with Crippen LogP contribution in [0.25, 0.3) is 0 Å². The van der Waals surface area contributed by atoms with Gasteiger partial charge in [-0.15, -0.1) is 0 Å². The molecule has 0 aromatic rings. The summed E-state index contributed by atoms with van der Waals surface area (Å²) < 4.78 is 16.3.